The quantitative estimate of drug-likeness (QED) is 0.421. The zero-order valence-electron chi connectivity index (χ0n) is 18.0. The number of esters is 1. The van der Waals surface area contributed by atoms with Crippen molar-refractivity contribution in [2.45, 2.75) is 39.1 Å². The molecule has 2 atom stereocenters. The minimum absolute atomic E-state index is 0.106. The monoisotopic (exact) mass is 427 g/mol. The number of rotatable bonds is 9. The molecule has 0 fully saturated rings. The van der Waals surface area contributed by atoms with Crippen molar-refractivity contribution >= 4 is 18.1 Å². The Balaban J connectivity index is 2.00. The van der Waals surface area contributed by atoms with E-state index in [1.807, 2.05) is 60.7 Å². The smallest absolute Gasteiger partial charge is 0.409 e. The van der Waals surface area contributed by atoms with E-state index in [2.05, 4.69) is 16.0 Å². The van der Waals surface area contributed by atoms with Gasteiger partial charge in [-0.05, 0) is 17.0 Å². The normalized spacial score (nSPS) is 12.4. The zero-order chi connectivity index (χ0) is 22.6. The maximum Gasteiger partial charge on any atom is 0.409 e. The number of hydrogen-bond donors (Lipinski definition) is 3. The van der Waals surface area contributed by atoms with E-state index in [1.54, 1.807) is 13.8 Å². The fourth-order valence-corrected chi connectivity index (χ4v) is 2.86. The van der Waals surface area contributed by atoms with Gasteiger partial charge < -0.3 is 25.4 Å². The van der Waals surface area contributed by atoms with E-state index in [4.69, 9.17) is 9.47 Å². The van der Waals surface area contributed by atoms with E-state index in [-0.39, 0.29) is 12.5 Å². The maximum atomic E-state index is 12.5. The van der Waals surface area contributed by atoms with Crippen molar-refractivity contribution in [1.29, 1.82) is 0 Å². The lowest BCUT2D eigenvalue weighted by molar-refractivity contribution is -0.144. The summed E-state index contributed by atoms with van der Waals surface area (Å²) < 4.78 is 10.00. The summed E-state index contributed by atoms with van der Waals surface area (Å²) in [5.74, 6) is -0.713. The molecule has 0 bridgehead atoms. The highest BCUT2D eigenvalue weighted by Gasteiger charge is 2.26. The van der Waals surface area contributed by atoms with Gasteiger partial charge in [-0.25, -0.2) is 14.4 Å². The van der Waals surface area contributed by atoms with Crippen LogP contribution in [0.2, 0.25) is 0 Å². The van der Waals surface area contributed by atoms with Crippen molar-refractivity contribution in [2.75, 3.05) is 7.11 Å². The van der Waals surface area contributed by atoms with E-state index in [0.717, 1.165) is 11.1 Å². The summed E-state index contributed by atoms with van der Waals surface area (Å²) in [6, 6.07) is 17.2. The molecular formula is C23H29N3O5. The Morgan fingerprint density at radius 1 is 0.839 bits per heavy atom. The van der Waals surface area contributed by atoms with Crippen LogP contribution in [0, 0.1) is 5.92 Å². The highest BCUT2D eigenvalue weighted by molar-refractivity contribution is 5.84. The molecule has 31 heavy (non-hydrogen) atoms. The van der Waals surface area contributed by atoms with Crippen LogP contribution in [0.3, 0.4) is 0 Å². The second kappa shape index (κ2) is 12.2. The van der Waals surface area contributed by atoms with Crippen LogP contribution in [0.25, 0.3) is 0 Å². The molecule has 0 saturated carbocycles. The Hall–Kier alpha value is -3.55. The Morgan fingerprint density at radius 2 is 1.42 bits per heavy atom. The van der Waals surface area contributed by atoms with Crippen molar-refractivity contribution < 1.29 is 23.9 Å². The zero-order valence-corrected chi connectivity index (χ0v) is 18.0. The van der Waals surface area contributed by atoms with Crippen LogP contribution in [0.1, 0.15) is 25.0 Å². The predicted octanol–water partition coefficient (Wildman–Crippen LogP) is 2.98. The Bertz CT molecular complexity index is 843. The second-order valence-corrected chi connectivity index (χ2v) is 7.31. The first-order valence-corrected chi connectivity index (χ1v) is 10.0. The molecule has 0 aliphatic rings. The van der Waals surface area contributed by atoms with E-state index >= 15 is 0 Å². The van der Waals surface area contributed by atoms with Crippen LogP contribution in [-0.2, 0) is 27.3 Å². The minimum Gasteiger partial charge on any atom is -0.467 e. The van der Waals surface area contributed by atoms with Gasteiger partial charge in [-0.3, -0.25) is 0 Å². The molecule has 8 heteroatoms. The van der Waals surface area contributed by atoms with Gasteiger partial charge in [-0.2, -0.15) is 0 Å². The third-order valence-electron chi connectivity index (χ3n) is 4.50. The van der Waals surface area contributed by atoms with Crippen LogP contribution < -0.4 is 16.0 Å². The number of hydrogen-bond acceptors (Lipinski definition) is 5. The summed E-state index contributed by atoms with van der Waals surface area (Å²) in [6.07, 6.45) is -1.09. The Morgan fingerprint density at radius 3 is 1.97 bits per heavy atom. The number of carbonyl (C=O) groups excluding carboxylic acids is 3. The second-order valence-electron chi connectivity index (χ2n) is 7.31. The molecule has 3 N–H and O–H groups in total. The largest absolute Gasteiger partial charge is 0.467 e. The van der Waals surface area contributed by atoms with Crippen molar-refractivity contribution in [3.05, 3.63) is 71.8 Å². The number of amides is 3. The lowest BCUT2D eigenvalue weighted by Gasteiger charge is -2.24. The molecule has 0 aliphatic heterocycles. The summed E-state index contributed by atoms with van der Waals surface area (Å²) in [6.45, 7) is 3.69. The number of ether oxygens (including phenoxy) is 2. The first-order valence-electron chi connectivity index (χ1n) is 10.0. The number of methoxy groups -OCH3 is 1. The summed E-state index contributed by atoms with van der Waals surface area (Å²) in [5, 5.41) is 7.95. The van der Waals surface area contributed by atoms with Gasteiger partial charge in [-0.15, -0.1) is 0 Å². The maximum absolute atomic E-state index is 12.5. The third-order valence-corrected chi connectivity index (χ3v) is 4.50. The molecule has 8 nitrogen and oxygen atoms in total. The van der Waals surface area contributed by atoms with Crippen molar-refractivity contribution in [3.8, 4) is 0 Å². The molecule has 0 heterocycles. The van der Waals surface area contributed by atoms with Crippen LogP contribution in [0.5, 0.6) is 0 Å². The standard InChI is InChI=1S/C23H29N3O5/c1-16(2)20(21(27)30-3)26-22(28)24-19(14-17-10-6-4-7-11-17)25-23(29)31-15-18-12-8-5-9-13-18/h4-13,16,19-20H,14-15H2,1-3H3,(H,25,29)(H2,24,26,28)/t19-,20+/m1/s1. The molecule has 0 unspecified atom stereocenters. The average molecular weight is 428 g/mol. The van der Waals surface area contributed by atoms with Crippen LogP contribution >= 0.6 is 0 Å². The van der Waals surface area contributed by atoms with Gasteiger partial charge >= 0.3 is 18.1 Å². The highest BCUT2D eigenvalue weighted by atomic mass is 16.5. The molecule has 0 radical (unpaired) electrons. The van der Waals surface area contributed by atoms with Crippen molar-refractivity contribution in [2.24, 2.45) is 5.92 Å². The molecule has 0 aromatic heterocycles. The van der Waals surface area contributed by atoms with E-state index in [0.29, 0.717) is 6.42 Å². The predicted molar refractivity (Wildman–Crippen MR) is 116 cm³/mol. The number of nitrogens with one attached hydrogen (secondary N) is 3. The van der Waals surface area contributed by atoms with Gasteiger partial charge in [0.2, 0.25) is 0 Å². The summed E-state index contributed by atoms with van der Waals surface area (Å²) in [7, 11) is 1.26. The molecule has 3 amide bonds. The minimum atomic E-state index is -0.813. The Kier molecular flexibility index (Phi) is 9.35. The van der Waals surface area contributed by atoms with Crippen LogP contribution in [0.15, 0.2) is 60.7 Å². The molecule has 0 spiro atoms. The first kappa shape index (κ1) is 23.7. The number of carbonyl (C=O) groups is 3. The number of urea groups is 1. The molecule has 0 saturated heterocycles. The van der Waals surface area contributed by atoms with Crippen molar-refractivity contribution in [3.63, 3.8) is 0 Å². The SMILES string of the molecule is COC(=O)[C@@H](NC(=O)N[C@@H](Cc1ccccc1)NC(=O)OCc1ccccc1)C(C)C. The van der Waals surface area contributed by atoms with Crippen LogP contribution in [0.4, 0.5) is 9.59 Å². The van der Waals surface area contributed by atoms with E-state index in [1.165, 1.54) is 7.11 Å². The van der Waals surface area contributed by atoms with Gasteiger partial charge in [0.15, 0.2) is 0 Å². The van der Waals surface area contributed by atoms with Crippen molar-refractivity contribution in [1.82, 2.24) is 16.0 Å². The summed E-state index contributed by atoms with van der Waals surface area (Å²) >= 11 is 0. The molecule has 2 aromatic rings. The lowest BCUT2D eigenvalue weighted by atomic mass is 10.1. The highest BCUT2D eigenvalue weighted by Crippen LogP contribution is 2.06. The topological polar surface area (TPSA) is 106 Å². The van der Waals surface area contributed by atoms with E-state index < -0.39 is 30.3 Å². The van der Waals surface area contributed by atoms with Gasteiger partial charge in [0.25, 0.3) is 0 Å². The number of alkyl carbamates (subject to hydrolysis) is 1. The summed E-state index contributed by atoms with van der Waals surface area (Å²) in [4.78, 5) is 36.7. The molecule has 0 aliphatic carbocycles. The number of benzene rings is 2. The fraction of sp³-hybridized carbons (Fsp3) is 0.348. The molecule has 2 aromatic carbocycles. The molecule has 2 rings (SSSR count). The first-order chi connectivity index (χ1) is 14.9. The van der Waals surface area contributed by atoms with Gasteiger partial charge in [0.1, 0.15) is 18.8 Å². The van der Waals surface area contributed by atoms with E-state index in [9.17, 15) is 14.4 Å². The molecular weight excluding hydrogens is 398 g/mol. The van der Waals surface area contributed by atoms with Gasteiger partial charge in [0, 0.05) is 6.42 Å². The lowest BCUT2D eigenvalue weighted by Crippen LogP contribution is -2.56. The third kappa shape index (κ3) is 8.38. The fourth-order valence-electron chi connectivity index (χ4n) is 2.86. The Labute approximate surface area is 182 Å². The van der Waals surface area contributed by atoms with Gasteiger partial charge in [0.05, 0.1) is 7.11 Å². The van der Waals surface area contributed by atoms with Gasteiger partial charge in [-0.1, -0.05) is 74.5 Å². The summed E-state index contributed by atoms with van der Waals surface area (Å²) in [5.41, 5.74) is 1.75. The molecule has 166 valence electrons. The average Bonchev–Trinajstić information content (AvgIpc) is 2.76. The van der Waals surface area contributed by atoms with Crippen LogP contribution in [-0.4, -0.2) is 37.4 Å².